The summed E-state index contributed by atoms with van der Waals surface area (Å²) in [5.74, 6) is -1.36. The third-order valence-corrected chi connectivity index (χ3v) is 5.08. The molecular weight excluding hydrogens is 409 g/mol. The fraction of sp³-hybridized carbons (Fsp3) is 0.158. The van der Waals surface area contributed by atoms with Crippen LogP contribution in [0.2, 0.25) is 0 Å². The smallest absolute Gasteiger partial charge is 0.417 e. The first-order valence-corrected chi connectivity index (χ1v) is 9.12. The van der Waals surface area contributed by atoms with Gasteiger partial charge in [0.1, 0.15) is 18.1 Å². The number of phenols is 1. The van der Waals surface area contributed by atoms with E-state index >= 15 is 0 Å². The number of carbonyl (C=O) groups is 2. The van der Waals surface area contributed by atoms with Crippen molar-refractivity contribution in [3.63, 3.8) is 0 Å². The zero-order chi connectivity index (χ0) is 21.2. The summed E-state index contributed by atoms with van der Waals surface area (Å²) in [7, 11) is 0. The van der Waals surface area contributed by atoms with Gasteiger partial charge in [0.25, 0.3) is 11.8 Å². The Kier molecular flexibility index (Phi) is 5.64. The van der Waals surface area contributed by atoms with Crippen LogP contribution in [-0.4, -0.2) is 30.1 Å². The summed E-state index contributed by atoms with van der Waals surface area (Å²) in [6.45, 7) is 0.122. The van der Waals surface area contributed by atoms with Gasteiger partial charge in [-0.3, -0.25) is 9.59 Å². The van der Waals surface area contributed by atoms with E-state index in [0.29, 0.717) is 4.70 Å². The molecule has 0 saturated carbocycles. The number of thiophene rings is 1. The molecule has 152 valence electrons. The molecule has 3 aromatic rings. The summed E-state index contributed by atoms with van der Waals surface area (Å²) >= 11 is 0.967. The highest BCUT2D eigenvalue weighted by Gasteiger charge is 2.33. The molecule has 2 aromatic carbocycles. The molecule has 0 spiro atoms. The number of halogens is 3. The average molecular weight is 424 g/mol. The van der Waals surface area contributed by atoms with Gasteiger partial charge in [-0.15, -0.1) is 11.3 Å². The molecule has 0 saturated heterocycles. The minimum atomic E-state index is -4.50. The van der Waals surface area contributed by atoms with Crippen molar-refractivity contribution in [3.05, 3.63) is 58.5 Å². The number of carbonyl (C=O) groups excluding carboxylic acids is 2. The van der Waals surface area contributed by atoms with Crippen molar-refractivity contribution < 1.29 is 32.6 Å². The van der Waals surface area contributed by atoms with Crippen LogP contribution in [0.3, 0.4) is 0 Å². The van der Waals surface area contributed by atoms with Crippen molar-refractivity contribution in [1.82, 2.24) is 5.32 Å². The molecule has 0 radical (unpaired) electrons. The van der Waals surface area contributed by atoms with E-state index in [-0.39, 0.29) is 40.5 Å². The third kappa shape index (κ3) is 4.60. The highest BCUT2D eigenvalue weighted by atomic mass is 32.1. The van der Waals surface area contributed by atoms with Crippen LogP contribution in [0.5, 0.6) is 11.5 Å². The molecule has 3 rings (SSSR count). The molecule has 0 aliphatic rings. The molecule has 29 heavy (non-hydrogen) atoms. The molecule has 4 N–H and O–H groups in total. The maximum atomic E-state index is 13.1. The van der Waals surface area contributed by atoms with E-state index in [2.05, 4.69) is 5.32 Å². The lowest BCUT2D eigenvalue weighted by Gasteiger charge is -2.08. The zero-order valence-corrected chi connectivity index (χ0v) is 15.6. The number of ether oxygens (including phenoxy) is 1. The van der Waals surface area contributed by atoms with Gasteiger partial charge in [-0.05, 0) is 30.3 Å². The molecule has 0 aliphatic heterocycles. The van der Waals surface area contributed by atoms with Crippen LogP contribution in [0, 0.1) is 0 Å². The second-order valence-electron chi connectivity index (χ2n) is 5.97. The van der Waals surface area contributed by atoms with Gasteiger partial charge in [0.15, 0.2) is 0 Å². The standard InChI is InChI=1S/C19H15F3N2O4S/c20-19(21,22)13-2-1-3-15-12(13)9-16(29-15)18(27)24-6-7-28-10-4-5-11(17(23)26)14(25)8-10/h1-5,8-9,25H,6-7H2,(H2,23,26)(H,24,27). The van der Waals surface area contributed by atoms with Gasteiger partial charge in [0, 0.05) is 16.2 Å². The molecule has 1 aromatic heterocycles. The molecule has 0 atom stereocenters. The van der Waals surface area contributed by atoms with E-state index in [1.54, 1.807) is 0 Å². The monoisotopic (exact) mass is 424 g/mol. The van der Waals surface area contributed by atoms with Crippen molar-refractivity contribution in [2.45, 2.75) is 6.18 Å². The predicted octanol–water partition coefficient (Wildman–Crippen LogP) is 3.53. The Morgan fingerprint density at radius 3 is 2.59 bits per heavy atom. The fourth-order valence-corrected chi connectivity index (χ4v) is 3.65. The van der Waals surface area contributed by atoms with Crippen LogP contribution >= 0.6 is 11.3 Å². The lowest BCUT2D eigenvalue weighted by Crippen LogP contribution is -2.27. The molecule has 1 heterocycles. The van der Waals surface area contributed by atoms with E-state index in [9.17, 15) is 27.9 Å². The second-order valence-corrected chi connectivity index (χ2v) is 7.06. The Bertz CT molecular complexity index is 1080. The second kappa shape index (κ2) is 8.00. The van der Waals surface area contributed by atoms with Crippen molar-refractivity contribution in [2.24, 2.45) is 5.73 Å². The SMILES string of the molecule is NC(=O)c1ccc(OCCNC(=O)c2cc3c(C(F)(F)F)cccc3s2)cc1O. The normalized spacial score (nSPS) is 11.4. The largest absolute Gasteiger partial charge is 0.507 e. The van der Waals surface area contributed by atoms with Gasteiger partial charge < -0.3 is 20.9 Å². The molecule has 10 heteroatoms. The number of nitrogens with one attached hydrogen (secondary N) is 1. The fourth-order valence-electron chi connectivity index (χ4n) is 2.65. The van der Waals surface area contributed by atoms with Crippen LogP contribution in [0.25, 0.3) is 10.1 Å². The van der Waals surface area contributed by atoms with Crippen LogP contribution in [0.1, 0.15) is 25.6 Å². The number of fused-ring (bicyclic) bond motifs is 1. The molecule has 0 unspecified atom stereocenters. The number of primary amides is 1. The van der Waals surface area contributed by atoms with E-state index in [1.165, 1.54) is 36.4 Å². The zero-order valence-electron chi connectivity index (χ0n) is 14.7. The topological polar surface area (TPSA) is 102 Å². The molecule has 0 fully saturated rings. The summed E-state index contributed by atoms with van der Waals surface area (Å²) < 4.78 is 45.0. The number of alkyl halides is 3. The molecule has 6 nitrogen and oxygen atoms in total. The summed E-state index contributed by atoms with van der Waals surface area (Å²) in [6, 6.07) is 8.98. The minimum Gasteiger partial charge on any atom is -0.507 e. The number of rotatable bonds is 6. The summed E-state index contributed by atoms with van der Waals surface area (Å²) in [5.41, 5.74) is 4.26. The summed E-state index contributed by atoms with van der Waals surface area (Å²) in [4.78, 5) is 23.4. The van der Waals surface area contributed by atoms with Gasteiger partial charge in [-0.2, -0.15) is 13.2 Å². The quantitative estimate of drug-likeness (QED) is 0.527. The van der Waals surface area contributed by atoms with Gasteiger partial charge in [0.05, 0.1) is 22.5 Å². The Hall–Kier alpha value is -3.27. The predicted molar refractivity (Wildman–Crippen MR) is 101 cm³/mol. The van der Waals surface area contributed by atoms with Gasteiger partial charge in [0.2, 0.25) is 0 Å². The van der Waals surface area contributed by atoms with E-state index < -0.39 is 23.6 Å². The van der Waals surface area contributed by atoms with Crippen LogP contribution in [0.4, 0.5) is 13.2 Å². The van der Waals surface area contributed by atoms with Crippen molar-refractivity contribution >= 4 is 33.2 Å². The minimum absolute atomic E-state index is 0.0172. The Morgan fingerprint density at radius 2 is 1.93 bits per heavy atom. The van der Waals surface area contributed by atoms with Gasteiger partial charge in [-0.25, -0.2) is 0 Å². The number of hydrogen-bond acceptors (Lipinski definition) is 5. The average Bonchev–Trinajstić information content (AvgIpc) is 3.08. The Labute approximate surface area is 166 Å². The molecular formula is C19H15F3N2O4S. The summed E-state index contributed by atoms with van der Waals surface area (Å²) in [5, 5.41) is 12.2. The Balaban J connectivity index is 1.60. The maximum absolute atomic E-state index is 13.1. The number of amides is 2. The first-order chi connectivity index (χ1) is 13.7. The van der Waals surface area contributed by atoms with Crippen LogP contribution < -0.4 is 15.8 Å². The first-order valence-electron chi connectivity index (χ1n) is 8.30. The molecule has 0 aliphatic carbocycles. The van der Waals surface area contributed by atoms with E-state index in [0.717, 1.165) is 17.4 Å². The number of hydrogen-bond donors (Lipinski definition) is 3. The number of benzene rings is 2. The summed E-state index contributed by atoms with van der Waals surface area (Å²) in [6.07, 6.45) is -4.50. The number of aromatic hydroxyl groups is 1. The lowest BCUT2D eigenvalue weighted by atomic mass is 10.1. The highest BCUT2D eigenvalue weighted by Crippen LogP contribution is 2.37. The molecule has 0 bridgehead atoms. The van der Waals surface area contributed by atoms with Crippen molar-refractivity contribution in [3.8, 4) is 11.5 Å². The first kappa shape index (κ1) is 20.5. The molecule has 2 amide bonds. The van der Waals surface area contributed by atoms with Crippen molar-refractivity contribution in [1.29, 1.82) is 0 Å². The highest BCUT2D eigenvalue weighted by molar-refractivity contribution is 7.20. The van der Waals surface area contributed by atoms with Crippen LogP contribution in [0.15, 0.2) is 42.5 Å². The van der Waals surface area contributed by atoms with Crippen LogP contribution in [-0.2, 0) is 6.18 Å². The number of nitrogens with two attached hydrogens (primary N) is 1. The third-order valence-electron chi connectivity index (χ3n) is 3.98. The van der Waals surface area contributed by atoms with Crippen molar-refractivity contribution in [2.75, 3.05) is 13.2 Å². The van der Waals surface area contributed by atoms with Gasteiger partial charge >= 0.3 is 6.18 Å². The van der Waals surface area contributed by atoms with E-state index in [4.69, 9.17) is 10.5 Å². The van der Waals surface area contributed by atoms with E-state index in [1.807, 2.05) is 0 Å². The lowest BCUT2D eigenvalue weighted by molar-refractivity contribution is -0.136. The Morgan fingerprint density at radius 1 is 1.17 bits per heavy atom. The maximum Gasteiger partial charge on any atom is 0.417 e. The van der Waals surface area contributed by atoms with Gasteiger partial charge in [-0.1, -0.05) is 6.07 Å².